The van der Waals surface area contributed by atoms with Gasteiger partial charge in [-0.2, -0.15) is 0 Å². The van der Waals surface area contributed by atoms with Gasteiger partial charge in [0.1, 0.15) is 10.8 Å². The van der Waals surface area contributed by atoms with Crippen molar-refractivity contribution in [2.45, 2.75) is 53.5 Å². The zero-order valence-electron chi connectivity index (χ0n) is 17.3. The zero-order valence-corrected chi connectivity index (χ0v) is 18.1. The minimum Gasteiger partial charge on any atom is -0.370 e. The molecule has 26 heavy (non-hydrogen) atoms. The molecular weight excluding hydrogens is 340 g/mol. The third kappa shape index (κ3) is 7.75. The van der Waals surface area contributed by atoms with Crippen LogP contribution < -0.4 is 10.6 Å². The molecule has 148 valence electrons. The lowest BCUT2D eigenvalue weighted by Crippen LogP contribution is -2.46. The number of allylic oxidation sites excluding steroid dienone is 1. The van der Waals surface area contributed by atoms with Gasteiger partial charge in [0.15, 0.2) is 0 Å². The average Bonchev–Trinajstić information content (AvgIpc) is 3.08. The lowest BCUT2D eigenvalue weighted by molar-refractivity contribution is 0.356. The van der Waals surface area contributed by atoms with Gasteiger partial charge >= 0.3 is 0 Å². The molecule has 1 saturated heterocycles. The highest BCUT2D eigenvalue weighted by molar-refractivity contribution is 7.16. The van der Waals surface area contributed by atoms with Crippen LogP contribution in [-0.4, -0.2) is 43.0 Å². The van der Waals surface area contributed by atoms with Gasteiger partial charge in [-0.3, -0.25) is 5.41 Å². The van der Waals surface area contributed by atoms with Crippen LogP contribution in [0.15, 0.2) is 31.4 Å². The summed E-state index contributed by atoms with van der Waals surface area (Å²) >= 11 is 1.72. The van der Waals surface area contributed by atoms with E-state index >= 15 is 0 Å². The summed E-state index contributed by atoms with van der Waals surface area (Å²) in [5.41, 5.74) is 1.01. The van der Waals surface area contributed by atoms with Gasteiger partial charge in [-0.1, -0.05) is 39.8 Å². The Morgan fingerprint density at radius 3 is 2.46 bits per heavy atom. The molecule has 1 aromatic rings. The highest BCUT2D eigenvalue weighted by Crippen LogP contribution is 2.30. The van der Waals surface area contributed by atoms with Crippen molar-refractivity contribution in [1.29, 1.82) is 5.41 Å². The lowest BCUT2D eigenvalue weighted by Gasteiger charge is -2.30. The number of amidine groups is 1. The fourth-order valence-corrected chi connectivity index (χ4v) is 3.55. The summed E-state index contributed by atoms with van der Waals surface area (Å²) in [5.74, 6) is 0.625. The summed E-state index contributed by atoms with van der Waals surface area (Å²) in [6.07, 6.45) is 5.81. The van der Waals surface area contributed by atoms with E-state index in [1.807, 2.05) is 39.8 Å². The van der Waals surface area contributed by atoms with Gasteiger partial charge < -0.3 is 15.5 Å². The number of anilines is 1. The van der Waals surface area contributed by atoms with Crippen LogP contribution in [0.4, 0.5) is 5.00 Å². The second-order valence-electron chi connectivity index (χ2n) is 5.54. The first-order chi connectivity index (χ1) is 12.7. The molecule has 0 bridgehead atoms. The monoisotopic (exact) mass is 378 g/mol. The molecule has 0 saturated carbocycles. The summed E-state index contributed by atoms with van der Waals surface area (Å²) < 4.78 is 0. The lowest BCUT2D eigenvalue weighted by atomic mass is 10.1. The Bertz CT molecular complexity index is 530. The van der Waals surface area contributed by atoms with Gasteiger partial charge in [0.25, 0.3) is 0 Å². The van der Waals surface area contributed by atoms with Gasteiger partial charge in [0.2, 0.25) is 0 Å². The van der Waals surface area contributed by atoms with Gasteiger partial charge in [0, 0.05) is 37.1 Å². The quantitative estimate of drug-likeness (QED) is 0.344. The van der Waals surface area contributed by atoms with Gasteiger partial charge in [0.05, 0.1) is 5.56 Å². The first-order valence-electron chi connectivity index (χ1n) is 9.80. The number of nitrogens with one attached hydrogen (secondary N) is 3. The van der Waals surface area contributed by atoms with E-state index in [4.69, 9.17) is 5.41 Å². The number of piperazine rings is 1. The molecule has 0 aliphatic carbocycles. The first kappa shape index (κ1) is 24.4. The Kier molecular flexibility index (Phi) is 13.7. The molecule has 0 radical (unpaired) electrons. The molecule has 1 aromatic heterocycles. The smallest absolute Gasteiger partial charge is 0.131 e. The largest absolute Gasteiger partial charge is 0.370 e. The molecule has 1 aliphatic rings. The van der Waals surface area contributed by atoms with Gasteiger partial charge in [-0.05, 0) is 25.8 Å². The summed E-state index contributed by atoms with van der Waals surface area (Å²) in [4.78, 5) is 3.37. The van der Waals surface area contributed by atoms with E-state index in [1.165, 1.54) is 4.88 Å². The second kappa shape index (κ2) is 14.6. The van der Waals surface area contributed by atoms with Crippen molar-refractivity contribution in [2.24, 2.45) is 0 Å². The summed E-state index contributed by atoms with van der Waals surface area (Å²) in [5, 5.41) is 16.5. The van der Waals surface area contributed by atoms with E-state index in [2.05, 4.69) is 41.7 Å². The molecule has 1 aliphatic heterocycles. The maximum Gasteiger partial charge on any atom is 0.131 e. The molecule has 0 amide bonds. The summed E-state index contributed by atoms with van der Waals surface area (Å²) in [6, 6.07) is 2.33. The molecule has 1 atom stereocenters. The third-order valence-corrected chi connectivity index (χ3v) is 4.81. The molecule has 0 spiro atoms. The Hall–Kier alpha value is -1.59. The number of hydrogen-bond donors (Lipinski definition) is 3. The van der Waals surface area contributed by atoms with Crippen molar-refractivity contribution in [1.82, 2.24) is 10.2 Å². The van der Waals surface area contributed by atoms with Crippen LogP contribution in [0.3, 0.4) is 0 Å². The van der Waals surface area contributed by atoms with E-state index in [9.17, 15) is 0 Å². The van der Waals surface area contributed by atoms with Crippen molar-refractivity contribution in [3.8, 4) is 0 Å². The zero-order chi connectivity index (χ0) is 19.9. The normalized spacial score (nSPS) is 14.1. The van der Waals surface area contributed by atoms with Crippen LogP contribution in [0.2, 0.25) is 0 Å². The average molecular weight is 379 g/mol. The topological polar surface area (TPSA) is 51.2 Å². The number of aryl methyl sites for hydroxylation is 1. The third-order valence-electron chi connectivity index (χ3n) is 3.83. The summed E-state index contributed by atoms with van der Waals surface area (Å²) in [7, 11) is 0. The minimum absolute atomic E-state index is 0.214. The van der Waals surface area contributed by atoms with E-state index < -0.39 is 0 Å². The summed E-state index contributed by atoms with van der Waals surface area (Å²) in [6.45, 7) is 21.5. The van der Waals surface area contributed by atoms with Crippen molar-refractivity contribution in [3.05, 3.63) is 41.8 Å². The molecule has 1 fully saturated rings. The molecule has 5 heteroatoms. The van der Waals surface area contributed by atoms with Crippen LogP contribution in [0.1, 0.15) is 51.0 Å². The van der Waals surface area contributed by atoms with E-state index in [0.717, 1.165) is 49.6 Å². The highest BCUT2D eigenvalue weighted by atomic mass is 32.1. The highest BCUT2D eigenvalue weighted by Gasteiger charge is 2.20. The molecular formula is C21H38N4S. The van der Waals surface area contributed by atoms with Crippen LogP contribution >= 0.6 is 11.3 Å². The van der Waals surface area contributed by atoms with Gasteiger partial charge in [-0.25, -0.2) is 0 Å². The SMILES string of the molecule is C=CCCC(C=C)Nc1sc(C)cc1C(=N)N1CCNCC1.CC.CC. The Morgan fingerprint density at radius 1 is 1.31 bits per heavy atom. The van der Waals surface area contributed by atoms with Crippen LogP contribution in [0.5, 0.6) is 0 Å². The fraction of sp³-hybridized carbons (Fsp3) is 0.571. The van der Waals surface area contributed by atoms with Crippen LogP contribution in [0.25, 0.3) is 0 Å². The molecule has 4 nitrogen and oxygen atoms in total. The Labute approximate surface area is 164 Å². The molecule has 0 aromatic carbocycles. The van der Waals surface area contributed by atoms with Crippen molar-refractivity contribution >= 4 is 22.2 Å². The first-order valence-corrected chi connectivity index (χ1v) is 10.6. The van der Waals surface area contributed by atoms with E-state index in [-0.39, 0.29) is 6.04 Å². The molecule has 2 rings (SSSR count). The van der Waals surface area contributed by atoms with E-state index in [0.29, 0.717) is 5.84 Å². The van der Waals surface area contributed by atoms with Crippen LogP contribution in [0, 0.1) is 12.3 Å². The number of hydrogen-bond acceptors (Lipinski definition) is 4. The van der Waals surface area contributed by atoms with Crippen molar-refractivity contribution < 1.29 is 0 Å². The number of rotatable bonds is 7. The van der Waals surface area contributed by atoms with Crippen molar-refractivity contribution in [3.63, 3.8) is 0 Å². The Morgan fingerprint density at radius 2 is 1.92 bits per heavy atom. The van der Waals surface area contributed by atoms with Crippen molar-refractivity contribution in [2.75, 3.05) is 31.5 Å². The number of nitrogens with zero attached hydrogens (tertiary/aromatic N) is 1. The molecule has 3 N–H and O–H groups in total. The molecule has 2 heterocycles. The predicted molar refractivity (Wildman–Crippen MR) is 120 cm³/mol. The minimum atomic E-state index is 0.214. The van der Waals surface area contributed by atoms with Crippen LogP contribution in [-0.2, 0) is 0 Å². The Balaban J connectivity index is 0.00000146. The molecule has 1 unspecified atom stereocenters. The predicted octanol–water partition coefficient (Wildman–Crippen LogP) is 5.27. The maximum absolute atomic E-state index is 8.54. The fourth-order valence-electron chi connectivity index (χ4n) is 2.57. The maximum atomic E-state index is 8.54. The standard InChI is InChI=1S/C17H26N4S.2C2H6/c1-4-6-7-14(5-2)20-17-15(12-13(3)22-17)16(18)21-10-8-19-9-11-21;2*1-2/h4-5,12,14,18-20H,1-2,6-11H2,3H3;2*1-2H3. The van der Waals surface area contributed by atoms with E-state index in [1.54, 1.807) is 11.3 Å². The number of thiophene rings is 1. The van der Waals surface area contributed by atoms with Gasteiger partial charge in [-0.15, -0.1) is 24.5 Å². The second-order valence-corrected chi connectivity index (χ2v) is 6.79.